The normalized spacial score (nSPS) is 11.3. The van der Waals surface area contributed by atoms with E-state index in [0.717, 1.165) is 33.8 Å². The van der Waals surface area contributed by atoms with E-state index in [4.69, 9.17) is 14.5 Å². The number of aromatic nitrogens is 1. The maximum atomic E-state index is 12.5. The zero-order valence-electron chi connectivity index (χ0n) is 20.5. The summed E-state index contributed by atoms with van der Waals surface area (Å²) in [4.78, 5) is 17.2. The van der Waals surface area contributed by atoms with Gasteiger partial charge in [-0.25, -0.2) is 4.98 Å². The molecule has 1 N–H and O–H groups in total. The van der Waals surface area contributed by atoms with Gasteiger partial charge < -0.3 is 14.8 Å². The smallest absolute Gasteiger partial charge is 0.248 e. The Morgan fingerprint density at radius 3 is 2.60 bits per heavy atom. The number of hydrogen-bond acceptors (Lipinski definition) is 5. The molecular weight excluding hydrogens is 456 g/mol. The number of nitrogens with one attached hydrogen (secondary N) is 1. The predicted octanol–water partition coefficient (Wildman–Crippen LogP) is 7.36. The third-order valence-corrected chi connectivity index (χ3v) is 6.58. The fourth-order valence-electron chi connectivity index (χ4n) is 3.52. The Balaban J connectivity index is 1.37. The second-order valence-corrected chi connectivity index (χ2v) is 9.86. The van der Waals surface area contributed by atoms with E-state index in [9.17, 15) is 4.79 Å². The number of ether oxygens (including phenoxy) is 2. The van der Waals surface area contributed by atoms with Crippen LogP contribution in [0, 0.1) is 12.8 Å². The highest BCUT2D eigenvalue weighted by Gasteiger charge is 2.08. The Morgan fingerprint density at radius 1 is 1.06 bits per heavy atom. The molecule has 4 aromatic rings. The van der Waals surface area contributed by atoms with Crippen molar-refractivity contribution in [1.82, 2.24) is 4.98 Å². The number of benzene rings is 3. The van der Waals surface area contributed by atoms with Gasteiger partial charge in [0.25, 0.3) is 0 Å². The number of carbonyl (C=O) groups is 1. The van der Waals surface area contributed by atoms with Crippen molar-refractivity contribution in [2.75, 3.05) is 19.0 Å². The summed E-state index contributed by atoms with van der Waals surface area (Å²) in [6, 6.07) is 19.7. The third-order valence-electron chi connectivity index (χ3n) is 5.51. The molecule has 5 nitrogen and oxygen atoms in total. The lowest BCUT2D eigenvalue weighted by Crippen LogP contribution is -2.07. The Bertz CT molecular complexity index is 1340. The van der Waals surface area contributed by atoms with Crippen molar-refractivity contribution in [2.45, 2.75) is 27.2 Å². The van der Waals surface area contributed by atoms with Gasteiger partial charge in [0.1, 0.15) is 5.01 Å². The van der Waals surface area contributed by atoms with Crippen LogP contribution in [-0.4, -0.2) is 24.6 Å². The van der Waals surface area contributed by atoms with Crippen molar-refractivity contribution in [3.63, 3.8) is 0 Å². The van der Waals surface area contributed by atoms with Crippen LogP contribution in [0.15, 0.2) is 66.7 Å². The lowest BCUT2D eigenvalue weighted by molar-refractivity contribution is -0.111. The zero-order chi connectivity index (χ0) is 24.8. The van der Waals surface area contributed by atoms with Crippen molar-refractivity contribution in [2.24, 2.45) is 5.92 Å². The van der Waals surface area contributed by atoms with Gasteiger partial charge in [-0.05, 0) is 85.0 Å². The van der Waals surface area contributed by atoms with E-state index in [1.54, 1.807) is 24.5 Å². The van der Waals surface area contributed by atoms with Crippen molar-refractivity contribution < 1.29 is 14.3 Å². The molecule has 0 aliphatic heterocycles. The summed E-state index contributed by atoms with van der Waals surface area (Å²) >= 11 is 1.67. The first-order chi connectivity index (χ1) is 16.9. The van der Waals surface area contributed by atoms with Crippen LogP contribution < -0.4 is 14.8 Å². The molecule has 0 fully saturated rings. The van der Waals surface area contributed by atoms with Gasteiger partial charge in [-0.3, -0.25) is 4.79 Å². The van der Waals surface area contributed by atoms with Crippen molar-refractivity contribution in [3.05, 3.63) is 77.9 Å². The Kier molecular flexibility index (Phi) is 7.83. The van der Waals surface area contributed by atoms with Gasteiger partial charge >= 0.3 is 0 Å². The minimum absolute atomic E-state index is 0.204. The van der Waals surface area contributed by atoms with Crippen LogP contribution in [0.25, 0.3) is 26.9 Å². The van der Waals surface area contributed by atoms with Gasteiger partial charge in [-0.2, -0.15) is 0 Å². The van der Waals surface area contributed by atoms with Crippen LogP contribution in [0.2, 0.25) is 0 Å². The molecule has 0 aliphatic carbocycles. The quantitative estimate of drug-likeness (QED) is 0.251. The van der Waals surface area contributed by atoms with E-state index < -0.39 is 0 Å². The molecule has 1 amide bonds. The largest absolute Gasteiger partial charge is 0.493 e. The summed E-state index contributed by atoms with van der Waals surface area (Å²) in [7, 11) is 1.61. The van der Waals surface area contributed by atoms with Crippen molar-refractivity contribution in [1.29, 1.82) is 0 Å². The van der Waals surface area contributed by atoms with E-state index in [2.05, 4.69) is 44.3 Å². The molecule has 4 rings (SSSR count). The number of anilines is 1. The number of methoxy groups -OCH3 is 1. The highest BCUT2D eigenvalue weighted by Crippen LogP contribution is 2.31. The van der Waals surface area contributed by atoms with Gasteiger partial charge in [0.15, 0.2) is 11.5 Å². The number of carbonyl (C=O) groups excluding carboxylic acids is 1. The number of amides is 1. The van der Waals surface area contributed by atoms with Crippen LogP contribution in [0.5, 0.6) is 11.5 Å². The van der Waals surface area contributed by atoms with Crippen LogP contribution >= 0.6 is 11.3 Å². The molecule has 0 spiro atoms. The average molecular weight is 487 g/mol. The lowest BCUT2D eigenvalue weighted by atomic mass is 10.1. The van der Waals surface area contributed by atoms with Gasteiger partial charge in [-0.1, -0.05) is 26.0 Å². The van der Waals surface area contributed by atoms with E-state index in [1.807, 2.05) is 42.5 Å². The Labute approximate surface area is 210 Å². The number of nitrogens with zero attached hydrogens (tertiary/aromatic N) is 1. The second kappa shape index (κ2) is 11.2. The van der Waals surface area contributed by atoms with Crippen molar-refractivity contribution >= 4 is 39.2 Å². The molecule has 0 bridgehead atoms. The summed E-state index contributed by atoms with van der Waals surface area (Å²) in [6.07, 6.45) is 4.25. The minimum atomic E-state index is -0.204. The molecular formula is C29H30N2O3S. The van der Waals surface area contributed by atoms with Crippen LogP contribution in [0.3, 0.4) is 0 Å². The Hall–Kier alpha value is -3.64. The maximum absolute atomic E-state index is 12.5. The third kappa shape index (κ3) is 6.49. The lowest BCUT2D eigenvalue weighted by Gasteiger charge is -2.12. The topological polar surface area (TPSA) is 60.5 Å². The fraction of sp³-hybridized carbons (Fsp3) is 0.241. The van der Waals surface area contributed by atoms with Gasteiger partial charge in [-0.15, -0.1) is 11.3 Å². The molecule has 1 aromatic heterocycles. The minimum Gasteiger partial charge on any atom is -0.493 e. The first-order valence-corrected chi connectivity index (χ1v) is 12.5. The highest BCUT2D eigenvalue weighted by molar-refractivity contribution is 7.21. The summed E-state index contributed by atoms with van der Waals surface area (Å²) in [5, 5.41) is 3.87. The zero-order valence-corrected chi connectivity index (χ0v) is 21.3. The van der Waals surface area contributed by atoms with Crippen LogP contribution in [-0.2, 0) is 4.79 Å². The highest BCUT2D eigenvalue weighted by atomic mass is 32.1. The maximum Gasteiger partial charge on any atom is 0.248 e. The number of fused-ring (bicyclic) bond motifs is 1. The molecule has 0 aliphatic rings. The fourth-order valence-corrected chi connectivity index (χ4v) is 4.59. The number of aryl methyl sites for hydroxylation is 1. The van der Waals surface area contributed by atoms with Gasteiger partial charge in [0, 0.05) is 17.3 Å². The molecule has 35 heavy (non-hydrogen) atoms. The second-order valence-electron chi connectivity index (χ2n) is 8.83. The summed E-state index contributed by atoms with van der Waals surface area (Å²) < 4.78 is 12.5. The monoisotopic (exact) mass is 486 g/mol. The van der Waals surface area contributed by atoms with E-state index in [0.29, 0.717) is 24.0 Å². The van der Waals surface area contributed by atoms with Crippen LogP contribution in [0.4, 0.5) is 5.69 Å². The Morgan fingerprint density at radius 2 is 1.86 bits per heavy atom. The van der Waals surface area contributed by atoms with Gasteiger partial charge in [0.2, 0.25) is 5.91 Å². The van der Waals surface area contributed by atoms with Crippen molar-refractivity contribution in [3.8, 4) is 22.1 Å². The first kappa shape index (κ1) is 24.5. The standard InChI is InChI=1S/C29H30N2O3S/c1-19(2)15-16-34-25-13-6-21(18-26(25)33-4)7-14-28(32)30-23-10-8-22(9-11-23)29-31-24-12-5-20(3)17-27(24)35-29/h5-14,17-19H,15-16H2,1-4H3,(H,30,32). The number of thiazole rings is 1. The summed E-state index contributed by atoms with van der Waals surface area (Å²) in [5.74, 6) is 1.73. The molecule has 0 radical (unpaired) electrons. The van der Waals surface area contributed by atoms with E-state index >= 15 is 0 Å². The van der Waals surface area contributed by atoms with Crippen LogP contribution in [0.1, 0.15) is 31.4 Å². The molecule has 0 saturated carbocycles. The average Bonchev–Trinajstić information content (AvgIpc) is 3.26. The molecule has 180 valence electrons. The number of rotatable bonds is 9. The SMILES string of the molecule is COc1cc(C=CC(=O)Nc2ccc(-c3nc4ccc(C)cc4s3)cc2)ccc1OCCC(C)C. The molecule has 3 aromatic carbocycles. The van der Waals surface area contributed by atoms with E-state index in [-0.39, 0.29) is 5.91 Å². The van der Waals surface area contributed by atoms with Gasteiger partial charge in [0.05, 0.1) is 23.9 Å². The van der Waals surface area contributed by atoms with E-state index in [1.165, 1.54) is 16.3 Å². The summed E-state index contributed by atoms with van der Waals surface area (Å²) in [5.41, 5.74) is 4.84. The molecule has 0 atom stereocenters. The molecule has 0 unspecified atom stereocenters. The predicted molar refractivity (Wildman–Crippen MR) is 145 cm³/mol. The number of hydrogen-bond donors (Lipinski definition) is 1. The molecule has 6 heteroatoms. The summed E-state index contributed by atoms with van der Waals surface area (Å²) in [6.45, 7) is 7.05. The first-order valence-electron chi connectivity index (χ1n) is 11.7. The molecule has 1 heterocycles. The molecule has 0 saturated heterocycles.